The van der Waals surface area contributed by atoms with E-state index in [9.17, 15) is 0 Å². The van der Waals surface area contributed by atoms with E-state index >= 15 is 0 Å². The van der Waals surface area contributed by atoms with Gasteiger partial charge in [-0.3, -0.25) is 0 Å². The summed E-state index contributed by atoms with van der Waals surface area (Å²) in [7, 11) is 0. The van der Waals surface area contributed by atoms with E-state index in [0.717, 1.165) is 6.42 Å². The summed E-state index contributed by atoms with van der Waals surface area (Å²) in [6.45, 7) is 12.2. The van der Waals surface area contributed by atoms with Gasteiger partial charge in [-0.25, -0.2) is 0 Å². The molecule has 1 aliphatic rings. The highest BCUT2D eigenvalue weighted by atomic mass is 14.2. The van der Waals surface area contributed by atoms with E-state index in [4.69, 9.17) is 0 Å². The van der Waals surface area contributed by atoms with Crippen molar-refractivity contribution in [3.63, 3.8) is 0 Å². The summed E-state index contributed by atoms with van der Waals surface area (Å²) < 4.78 is 0. The van der Waals surface area contributed by atoms with Gasteiger partial charge in [-0.15, -0.1) is 0 Å². The lowest BCUT2D eigenvalue weighted by Crippen LogP contribution is -1.81. The van der Waals surface area contributed by atoms with E-state index in [1.807, 2.05) is 32.0 Å². The molecule has 0 heterocycles. The van der Waals surface area contributed by atoms with Crippen molar-refractivity contribution in [3.05, 3.63) is 77.4 Å². The Hall–Kier alpha value is -1.82. The molecule has 0 nitrogen and oxygen atoms in total. The molecule has 0 atom stereocenters. The highest BCUT2D eigenvalue weighted by molar-refractivity contribution is 5.70. The van der Waals surface area contributed by atoms with Crippen LogP contribution < -0.4 is 0 Å². The third-order valence-electron chi connectivity index (χ3n) is 3.28. The van der Waals surface area contributed by atoms with Gasteiger partial charge in [-0.05, 0) is 43.4 Å². The minimum atomic E-state index is 1.15. The highest BCUT2D eigenvalue weighted by Gasteiger charge is 2.12. The molecular formula is C20H26. The van der Waals surface area contributed by atoms with E-state index in [2.05, 4.69) is 50.8 Å². The molecule has 0 spiro atoms. The van der Waals surface area contributed by atoms with Gasteiger partial charge in [-0.1, -0.05) is 80.1 Å². The zero-order valence-corrected chi connectivity index (χ0v) is 13.2. The second-order valence-electron chi connectivity index (χ2n) is 4.92. The minimum Gasteiger partial charge on any atom is -0.0952 e. The van der Waals surface area contributed by atoms with E-state index in [-0.39, 0.29) is 0 Å². The maximum absolute atomic E-state index is 4.03. The summed E-state index contributed by atoms with van der Waals surface area (Å²) in [5, 5.41) is 0. The normalized spacial score (nSPS) is 11.7. The minimum absolute atomic E-state index is 1.15. The molecule has 0 aliphatic heterocycles. The summed E-state index contributed by atoms with van der Waals surface area (Å²) in [5.41, 5.74) is 6.85. The topological polar surface area (TPSA) is 0 Å². The van der Waals surface area contributed by atoms with Crippen LogP contribution in [0.25, 0.3) is 5.57 Å². The Labute approximate surface area is 124 Å². The predicted octanol–water partition coefficient (Wildman–Crippen LogP) is 5.98. The van der Waals surface area contributed by atoms with Gasteiger partial charge in [0.2, 0.25) is 0 Å². The van der Waals surface area contributed by atoms with Crippen molar-refractivity contribution in [2.45, 2.75) is 40.5 Å². The molecule has 20 heavy (non-hydrogen) atoms. The molecule has 106 valence electrons. The van der Waals surface area contributed by atoms with E-state index < -0.39 is 0 Å². The summed E-state index contributed by atoms with van der Waals surface area (Å²) in [5.74, 6) is 0. The predicted molar refractivity (Wildman–Crippen MR) is 91.1 cm³/mol. The smallest absolute Gasteiger partial charge is 0.0198 e. The first-order valence-corrected chi connectivity index (χ1v) is 7.46. The SMILES string of the molecule is C=C1CCc2cc(C)ccc21.CC.Cc1ccccc1. The molecule has 0 bridgehead atoms. The number of rotatable bonds is 0. The Kier molecular flexibility index (Phi) is 6.79. The van der Waals surface area contributed by atoms with Crippen molar-refractivity contribution in [3.8, 4) is 0 Å². The first kappa shape index (κ1) is 16.2. The molecule has 0 saturated carbocycles. The average Bonchev–Trinajstić information content (AvgIpc) is 2.83. The molecule has 0 unspecified atom stereocenters. The molecule has 0 saturated heterocycles. The van der Waals surface area contributed by atoms with Gasteiger partial charge in [-0.2, -0.15) is 0 Å². The largest absolute Gasteiger partial charge is 0.0952 e. The molecule has 0 fully saturated rings. The third-order valence-corrected chi connectivity index (χ3v) is 3.28. The van der Waals surface area contributed by atoms with Gasteiger partial charge in [0, 0.05) is 0 Å². The van der Waals surface area contributed by atoms with Crippen LogP contribution in [0.1, 0.15) is 42.5 Å². The lowest BCUT2D eigenvalue weighted by Gasteiger charge is -1.99. The molecule has 1 aliphatic carbocycles. The van der Waals surface area contributed by atoms with E-state index in [1.165, 1.54) is 34.2 Å². The van der Waals surface area contributed by atoms with Crippen LogP contribution in [0.3, 0.4) is 0 Å². The molecule has 2 aromatic carbocycles. The lowest BCUT2D eigenvalue weighted by atomic mass is 10.1. The number of aryl methyl sites for hydroxylation is 3. The van der Waals surface area contributed by atoms with Crippen molar-refractivity contribution < 1.29 is 0 Å². The van der Waals surface area contributed by atoms with Crippen LogP contribution in [0.15, 0.2) is 55.1 Å². The first-order chi connectivity index (χ1) is 9.66. The summed E-state index contributed by atoms with van der Waals surface area (Å²) in [4.78, 5) is 0. The zero-order chi connectivity index (χ0) is 15.0. The molecule has 0 amide bonds. The fourth-order valence-electron chi connectivity index (χ4n) is 2.23. The Bertz CT molecular complexity index is 535. The molecule has 0 radical (unpaired) electrons. The van der Waals surface area contributed by atoms with Crippen LogP contribution >= 0.6 is 0 Å². The number of hydrogen-bond donors (Lipinski definition) is 0. The maximum atomic E-state index is 4.03. The Balaban J connectivity index is 0.000000193. The van der Waals surface area contributed by atoms with Crippen molar-refractivity contribution in [1.29, 1.82) is 0 Å². The van der Waals surface area contributed by atoms with Crippen molar-refractivity contribution in [2.75, 3.05) is 0 Å². The van der Waals surface area contributed by atoms with Crippen LogP contribution in [0, 0.1) is 13.8 Å². The number of hydrogen-bond acceptors (Lipinski definition) is 0. The summed E-state index contributed by atoms with van der Waals surface area (Å²) >= 11 is 0. The molecule has 3 rings (SSSR count). The molecule has 2 aromatic rings. The van der Waals surface area contributed by atoms with Crippen LogP contribution in [0.2, 0.25) is 0 Å². The van der Waals surface area contributed by atoms with Crippen molar-refractivity contribution in [1.82, 2.24) is 0 Å². The fourth-order valence-corrected chi connectivity index (χ4v) is 2.23. The summed E-state index contributed by atoms with van der Waals surface area (Å²) in [6, 6.07) is 16.9. The van der Waals surface area contributed by atoms with Crippen molar-refractivity contribution >= 4 is 5.57 Å². The molecule has 0 aromatic heterocycles. The number of fused-ring (bicyclic) bond motifs is 1. The third kappa shape index (κ3) is 4.70. The monoisotopic (exact) mass is 266 g/mol. The van der Waals surface area contributed by atoms with Gasteiger partial charge in [0.1, 0.15) is 0 Å². The highest BCUT2D eigenvalue weighted by Crippen LogP contribution is 2.30. The Morgan fingerprint density at radius 1 is 0.800 bits per heavy atom. The quantitative estimate of drug-likeness (QED) is 0.550. The second-order valence-corrected chi connectivity index (χ2v) is 4.92. The molecular weight excluding hydrogens is 240 g/mol. The van der Waals surface area contributed by atoms with E-state index in [1.54, 1.807) is 0 Å². The van der Waals surface area contributed by atoms with Crippen LogP contribution in [0.4, 0.5) is 0 Å². The van der Waals surface area contributed by atoms with Gasteiger partial charge >= 0.3 is 0 Å². The molecule has 0 heteroatoms. The Morgan fingerprint density at radius 2 is 1.45 bits per heavy atom. The van der Waals surface area contributed by atoms with Crippen LogP contribution in [0.5, 0.6) is 0 Å². The van der Waals surface area contributed by atoms with Gasteiger partial charge < -0.3 is 0 Å². The van der Waals surface area contributed by atoms with Gasteiger partial charge in [0.15, 0.2) is 0 Å². The lowest BCUT2D eigenvalue weighted by molar-refractivity contribution is 1.08. The second kappa shape index (κ2) is 8.37. The zero-order valence-electron chi connectivity index (χ0n) is 13.2. The molecule has 0 N–H and O–H groups in total. The van der Waals surface area contributed by atoms with Gasteiger partial charge in [0.05, 0.1) is 0 Å². The average molecular weight is 266 g/mol. The number of allylic oxidation sites excluding steroid dienone is 1. The standard InChI is InChI=1S/C11H12.C7H8.C2H6/c1-8-3-6-11-9(2)4-5-10(11)7-8;1-7-5-3-2-4-6-7;1-2/h3,6-7H,2,4-5H2,1H3;2-6H,1H3;1-2H3. The van der Waals surface area contributed by atoms with Crippen LogP contribution in [-0.2, 0) is 6.42 Å². The first-order valence-electron chi connectivity index (χ1n) is 7.46. The Morgan fingerprint density at radius 3 is 2.00 bits per heavy atom. The van der Waals surface area contributed by atoms with E-state index in [0.29, 0.717) is 0 Å². The van der Waals surface area contributed by atoms with Crippen LogP contribution in [-0.4, -0.2) is 0 Å². The summed E-state index contributed by atoms with van der Waals surface area (Å²) in [6.07, 6.45) is 2.34. The number of benzene rings is 2. The van der Waals surface area contributed by atoms with Crippen molar-refractivity contribution in [2.24, 2.45) is 0 Å². The fraction of sp³-hybridized carbons (Fsp3) is 0.300. The maximum Gasteiger partial charge on any atom is -0.0198 e. The van der Waals surface area contributed by atoms with Gasteiger partial charge in [0.25, 0.3) is 0 Å².